The van der Waals surface area contributed by atoms with Gasteiger partial charge in [0.15, 0.2) is 0 Å². The van der Waals surface area contributed by atoms with E-state index in [2.05, 4.69) is 37.2 Å². The number of aliphatic hydroxyl groups excluding tert-OH is 1. The van der Waals surface area contributed by atoms with E-state index in [1.165, 1.54) is 0 Å². The summed E-state index contributed by atoms with van der Waals surface area (Å²) in [5, 5.41) is 11.5. The van der Waals surface area contributed by atoms with Gasteiger partial charge in [0.1, 0.15) is 0 Å². The first-order valence-corrected chi connectivity index (χ1v) is 9.66. The maximum absolute atomic E-state index is 10.7. The fourth-order valence-corrected chi connectivity index (χ4v) is 3.34. The van der Waals surface area contributed by atoms with Crippen LogP contribution in [0, 0.1) is 0 Å². The van der Waals surface area contributed by atoms with Gasteiger partial charge in [-0.2, -0.15) is 0 Å². The summed E-state index contributed by atoms with van der Waals surface area (Å²) in [6.45, 7) is 10.3. The van der Waals surface area contributed by atoms with Crippen molar-refractivity contribution in [1.29, 1.82) is 0 Å². The fourth-order valence-electron chi connectivity index (χ4n) is 3.15. The Labute approximate surface area is 157 Å². The lowest BCUT2D eigenvalue weighted by Crippen LogP contribution is -2.42. The zero-order chi connectivity index (χ0) is 18.4. The van der Waals surface area contributed by atoms with Crippen LogP contribution in [0.5, 0.6) is 0 Å². The minimum absolute atomic E-state index is 0.467. The molecule has 138 valence electrons. The van der Waals surface area contributed by atoms with Gasteiger partial charge < -0.3 is 9.67 Å². The minimum Gasteiger partial charge on any atom is -0.387 e. The molecule has 1 N–H and O–H groups in total. The molecule has 0 fully saturated rings. The van der Waals surface area contributed by atoms with Crippen LogP contribution in [0.15, 0.2) is 42.7 Å². The van der Waals surface area contributed by atoms with Gasteiger partial charge in [-0.15, -0.1) is 0 Å². The van der Waals surface area contributed by atoms with Crippen LogP contribution in [-0.2, 0) is 6.54 Å². The molecule has 0 aliphatic rings. The third kappa shape index (κ3) is 5.34. The third-order valence-corrected chi connectivity index (χ3v) is 5.54. The second-order valence-electron chi connectivity index (χ2n) is 6.94. The number of nitrogens with zero attached hydrogens (tertiary/aromatic N) is 2. The summed E-state index contributed by atoms with van der Waals surface area (Å²) >= 11 is 6.24. The molecular weight excluding hydrogens is 332 g/mol. The first-order chi connectivity index (χ1) is 12.0. The van der Waals surface area contributed by atoms with E-state index >= 15 is 0 Å². The van der Waals surface area contributed by atoms with Crippen molar-refractivity contribution in [2.24, 2.45) is 0 Å². The van der Waals surface area contributed by atoms with Gasteiger partial charge in [-0.1, -0.05) is 43.6 Å². The molecule has 1 heterocycles. The van der Waals surface area contributed by atoms with E-state index in [0.717, 1.165) is 29.0 Å². The molecule has 0 amide bonds. The number of halogens is 1. The summed E-state index contributed by atoms with van der Waals surface area (Å²) in [6.07, 6.45) is 5.74. The smallest absolute Gasteiger partial charge is 0.0931 e. The number of hydrogen-bond acceptors (Lipinski definition) is 2. The molecule has 25 heavy (non-hydrogen) atoms. The zero-order valence-corrected chi connectivity index (χ0v) is 16.6. The predicted octanol–water partition coefficient (Wildman–Crippen LogP) is 5.12. The van der Waals surface area contributed by atoms with Crippen LogP contribution in [0.4, 0.5) is 0 Å². The summed E-state index contributed by atoms with van der Waals surface area (Å²) in [5.74, 6) is 0. The maximum atomic E-state index is 10.7. The summed E-state index contributed by atoms with van der Waals surface area (Å²) in [5.41, 5.74) is 2.05. The Hall–Kier alpha value is -1.29. The molecule has 1 aromatic heterocycles. The van der Waals surface area contributed by atoms with Crippen LogP contribution in [0.3, 0.4) is 0 Å². The lowest BCUT2D eigenvalue weighted by atomic mass is 10.1. The van der Waals surface area contributed by atoms with Gasteiger partial charge in [0.2, 0.25) is 0 Å². The highest BCUT2D eigenvalue weighted by atomic mass is 35.5. The highest BCUT2D eigenvalue weighted by Gasteiger charge is 2.22. The van der Waals surface area contributed by atoms with Crippen LogP contribution in [0.1, 0.15) is 57.8 Å². The Bertz CT molecular complexity index is 645. The maximum Gasteiger partial charge on any atom is 0.0931 e. The average molecular weight is 363 g/mol. The molecule has 1 aromatic carbocycles. The second-order valence-corrected chi connectivity index (χ2v) is 7.34. The molecule has 0 radical (unpaired) electrons. The van der Waals surface area contributed by atoms with Crippen molar-refractivity contribution in [3.63, 3.8) is 0 Å². The standard InChI is InChI=1S/C21H31ClN2O/c1-5-16(3)24(17(4)6-2)15-21(25)19-11-12-23(14-19)13-18-9-7-8-10-20(18)22/h7-12,14,16-17,21,25H,5-6,13,15H2,1-4H3/t16-,17?,21+/m1/s1. The molecule has 3 nitrogen and oxygen atoms in total. The lowest BCUT2D eigenvalue weighted by molar-refractivity contribution is 0.0628. The van der Waals surface area contributed by atoms with E-state index in [1.807, 2.05) is 42.7 Å². The zero-order valence-electron chi connectivity index (χ0n) is 15.8. The van der Waals surface area contributed by atoms with Crippen LogP contribution in [0.2, 0.25) is 5.02 Å². The van der Waals surface area contributed by atoms with E-state index in [-0.39, 0.29) is 0 Å². The van der Waals surface area contributed by atoms with Gasteiger partial charge in [0, 0.05) is 42.6 Å². The van der Waals surface area contributed by atoms with Crippen molar-refractivity contribution in [3.8, 4) is 0 Å². The van der Waals surface area contributed by atoms with Crippen molar-refractivity contribution in [3.05, 3.63) is 58.9 Å². The Morgan fingerprint density at radius 2 is 1.72 bits per heavy atom. The van der Waals surface area contributed by atoms with Crippen molar-refractivity contribution >= 4 is 11.6 Å². The van der Waals surface area contributed by atoms with Gasteiger partial charge in [-0.25, -0.2) is 0 Å². The van der Waals surface area contributed by atoms with Crippen molar-refractivity contribution < 1.29 is 5.11 Å². The minimum atomic E-state index is -0.476. The Kier molecular flexibility index (Phi) is 7.55. The predicted molar refractivity (Wildman–Crippen MR) is 106 cm³/mol. The second kappa shape index (κ2) is 9.42. The van der Waals surface area contributed by atoms with Crippen LogP contribution in [-0.4, -0.2) is 33.2 Å². The number of hydrogen-bond donors (Lipinski definition) is 1. The molecule has 2 rings (SSSR count). The van der Waals surface area contributed by atoms with Gasteiger partial charge in [-0.05, 0) is 49.9 Å². The average Bonchev–Trinajstić information content (AvgIpc) is 3.09. The Morgan fingerprint density at radius 3 is 2.32 bits per heavy atom. The fraction of sp³-hybridized carbons (Fsp3) is 0.524. The summed E-state index contributed by atoms with van der Waals surface area (Å²) in [4.78, 5) is 2.41. The number of aromatic nitrogens is 1. The molecule has 0 saturated heterocycles. The molecule has 0 aliphatic carbocycles. The first kappa shape index (κ1) is 20.0. The van der Waals surface area contributed by atoms with E-state index in [0.29, 0.717) is 25.2 Å². The van der Waals surface area contributed by atoms with Crippen LogP contribution >= 0.6 is 11.6 Å². The molecule has 0 spiro atoms. The molecule has 1 unspecified atom stereocenters. The van der Waals surface area contributed by atoms with Gasteiger partial charge in [0.05, 0.1) is 6.10 Å². The molecule has 2 aromatic rings. The van der Waals surface area contributed by atoms with Crippen molar-refractivity contribution in [1.82, 2.24) is 9.47 Å². The Balaban J connectivity index is 2.06. The molecule has 0 saturated carbocycles. The van der Waals surface area contributed by atoms with E-state index in [1.54, 1.807) is 0 Å². The number of rotatable bonds is 9. The Morgan fingerprint density at radius 1 is 1.08 bits per heavy atom. The summed E-state index contributed by atoms with van der Waals surface area (Å²) < 4.78 is 2.08. The highest BCUT2D eigenvalue weighted by Crippen LogP contribution is 2.22. The number of aliphatic hydroxyl groups is 1. The monoisotopic (exact) mass is 362 g/mol. The topological polar surface area (TPSA) is 28.4 Å². The van der Waals surface area contributed by atoms with E-state index in [4.69, 9.17) is 11.6 Å². The molecule has 0 aliphatic heterocycles. The van der Waals surface area contributed by atoms with Gasteiger partial charge >= 0.3 is 0 Å². The first-order valence-electron chi connectivity index (χ1n) is 9.29. The van der Waals surface area contributed by atoms with Gasteiger partial charge in [-0.3, -0.25) is 4.90 Å². The lowest BCUT2D eigenvalue weighted by Gasteiger charge is -2.35. The van der Waals surface area contributed by atoms with Crippen LogP contribution < -0.4 is 0 Å². The molecule has 3 atom stereocenters. The third-order valence-electron chi connectivity index (χ3n) is 5.17. The largest absolute Gasteiger partial charge is 0.387 e. The molecule has 4 heteroatoms. The van der Waals surface area contributed by atoms with E-state index in [9.17, 15) is 5.11 Å². The number of benzene rings is 1. The van der Waals surface area contributed by atoms with Gasteiger partial charge in [0.25, 0.3) is 0 Å². The van der Waals surface area contributed by atoms with Crippen molar-refractivity contribution in [2.75, 3.05) is 6.54 Å². The molecule has 0 bridgehead atoms. The van der Waals surface area contributed by atoms with E-state index < -0.39 is 6.10 Å². The summed E-state index contributed by atoms with van der Waals surface area (Å²) in [7, 11) is 0. The quantitative estimate of drug-likeness (QED) is 0.670. The SMILES string of the molecule is CCC(C)N(C[C@H](O)c1ccn(Cc2ccccc2Cl)c1)[C@H](C)CC. The highest BCUT2D eigenvalue weighted by molar-refractivity contribution is 6.31. The molecular formula is C21H31ClN2O. The summed E-state index contributed by atoms with van der Waals surface area (Å²) in [6, 6.07) is 10.8. The van der Waals surface area contributed by atoms with Crippen molar-refractivity contribution in [2.45, 2.75) is 65.3 Å². The van der Waals surface area contributed by atoms with Crippen LogP contribution in [0.25, 0.3) is 0 Å². The normalized spacial score (nSPS) is 15.3.